The van der Waals surface area contributed by atoms with Gasteiger partial charge in [0.15, 0.2) is 17.0 Å². The predicted molar refractivity (Wildman–Crippen MR) is 94.4 cm³/mol. The highest BCUT2D eigenvalue weighted by Gasteiger charge is 2.15. The van der Waals surface area contributed by atoms with Gasteiger partial charge in [0.25, 0.3) is 0 Å². The summed E-state index contributed by atoms with van der Waals surface area (Å²) in [4.78, 5) is 15.6. The lowest BCUT2D eigenvalue weighted by Gasteiger charge is -2.14. The van der Waals surface area contributed by atoms with Gasteiger partial charge in [-0.25, -0.2) is 4.98 Å². The van der Waals surface area contributed by atoms with Crippen molar-refractivity contribution < 1.29 is 0 Å². The molecule has 0 radical (unpaired) electrons. The molecule has 1 aromatic carbocycles. The highest BCUT2D eigenvalue weighted by Crippen LogP contribution is 2.24. The summed E-state index contributed by atoms with van der Waals surface area (Å²) < 4.78 is 1.99. The molecule has 6 nitrogen and oxygen atoms in total. The summed E-state index contributed by atoms with van der Waals surface area (Å²) in [7, 11) is 3.90. The van der Waals surface area contributed by atoms with E-state index in [1.807, 2.05) is 54.8 Å². The lowest BCUT2D eigenvalue weighted by atomic mass is 10.2. The van der Waals surface area contributed by atoms with Crippen molar-refractivity contribution in [2.24, 2.45) is 0 Å². The maximum absolute atomic E-state index is 6.27. The third kappa shape index (κ3) is 3.07. The molecule has 0 bridgehead atoms. The Balaban J connectivity index is 2.09. The third-order valence-electron chi connectivity index (χ3n) is 3.50. The number of hydrogen-bond donors (Lipinski definition) is 1. The normalized spacial score (nSPS) is 11.0. The van der Waals surface area contributed by atoms with Crippen LogP contribution in [0.1, 0.15) is 12.5 Å². The molecule has 0 aliphatic carbocycles. The second kappa shape index (κ2) is 6.42. The van der Waals surface area contributed by atoms with Crippen LogP contribution >= 0.6 is 11.6 Å². The molecule has 0 spiro atoms. The maximum Gasteiger partial charge on any atom is 0.226 e. The number of fused-ring (bicyclic) bond motifs is 1. The van der Waals surface area contributed by atoms with E-state index in [9.17, 15) is 0 Å². The molecule has 23 heavy (non-hydrogen) atoms. The molecule has 0 amide bonds. The minimum Gasteiger partial charge on any atom is -0.361 e. The van der Waals surface area contributed by atoms with Gasteiger partial charge in [-0.05, 0) is 18.6 Å². The average molecular weight is 331 g/mol. The smallest absolute Gasteiger partial charge is 0.226 e. The van der Waals surface area contributed by atoms with Gasteiger partial charge in [0.1, 0.15) is 0 Å². The first-order valence-corrected chi connectivity index (χ1v) is 7.85. The van der Waals surface area contributed by atoms with Crippen LogP contribution in [-0.2, 0) is 6.54 Å². The first kappa shape index (κ1) is 15.6. The van der Waals surface area contributed by atoms with Crippen LogP contribution in [0.2, 0.25) is 5.02 Å². The fourth-order valence-electron chi connectivity index (χ4n) is 2.40. The van der Waals surface area contributed by atoms with Crippen LogP contribution in [0.5, 0.6) is 0 Å². The van der Waals surface area contributed by atoms with E-state index >= 15 is 0 Å². The number of nitrogens with zero attached hydrogens (tertiary/aromatic N) is 5. The largest absolute Gasteiger partial charge is 0.361 e. The summed E-state index contributed by atoms with van der Waals surface area (Å²) in [5.41, 5.74) is 2.60. The number of hydrogen-bond acceptors (Lipinski definition) is 5. The number of nitrogens with one attached hydrogen (secondary N) is 1. The second-order valence-corrected chi connectivity index (χ2v) is 5.84. The fourth-order valence-corrected chi connectivity index (χ4v) is 2.60. The van der Waals surface area contributed by atoms with Crippen LogP contribution in [0.25, 0.3) is 11.2 Å². The summed E-state index contributed by atoms with van der Waals surface area (Å²) >= 11 is 6.27. The monoisotopic (exact) mass is 330 g/mol. The zero-order valence-corrected chi connectivity index (χ0v) is 14.2. The van der Waals surface area contributed by atoms with Crippen LogP contribution in [0, 0.1) is 0 Å². The molecular formula is C16H19ClN6. The molecule has 1 N–H and O–H groups in total. The molecule has 120 valence electrons. The molecule has 2 aromatic heterocycles. The molecule has 3 aromatic rings. The molecular weight excluding hydrogens is 312 g/mol. The lowest BCUT2D eigenvalue weighted by molar-refractivity contribution is 0.813. The van der Waals surface area contributed by atoms with Crippen molar-refractivity contribution >= 4 is 34.5 Å². The SMILES string of the molecule is CCNc1nc(N(C)C)c2ncn(Cc3ccccc3Cl)c2n1. The summed E-state index contributed by atoms with van der Waals surface area (Å²) in [6, 6.07) is 7.80. The molecule has 0 saturated heterocycles. The zero-order chi connectivity index (χ0) is 16.4. The quantitative estimate of drug-likeness (QED) is 0.779. The number of rotatable bonds is 5. The van der Waals surface area contributed by atoms with Crippen LogP contribution in [0.4, 0.5) is 11.8 Å². The number of benzene rings is 1. The summed E-state index contributed by atoms with van der Waals surface area (Å²) in [6.45, 7) is 3.40. The third-order valence-corrected chi connectivity index (χ3v) is 3.87. The van der Waals surface area contributed by atoms with Crippen LogP contribution in [0.15, 0.2) is 30.6 Å². The highest BCUT2D eigenvalue weighted by atomic mass is 35.5. The molecule has 3 rings (SSSR count). The zero-order valence-electron chi connectivity index (χ0n) is 13.4. The Bertz CT molecular complexity index is 827. The van der Waals surface area contributed by atoms with E-state index < -0.39 is 0 Å². The Morgan fingerprint density at radius 3 is 2.70 bits per heavy atom. The number of aromatic nitrogens is 4. The van der Waals surface area contributed by atoms with Crippen molar-refractivity contribution in [3.05, 3.63) is 41.2 Å². The van der Waals surface area contributed by atoms with E-state index in [2.05, 4.69) is 20.3 Å². The first-order chi connectivity index (χ1) is 11.1. The average Bonchev–Trinajstić information content (AvgIpc) is 2.92. The van der Waals surface area contributed by atoms with Crippen molar-refractivity contribution in [2.45, 2.75) is 13.5 Å². The summed E-state index contributed by atoms with van der Waals surface area (Å²) in [5.74, 6) is 1.40. The standard InChI is InChI=1S/C16H19ClN6/c1-4-18-16-20-14(22(2)3)13-15(21-16)23(10-19-13)9-11-7-5-6-8-12(11)17/h5-8,10H,4,9H2,1-3H3,(H,18,20,21). The Hall–Kier alpha value is -2.34. The van der Waals surface area contributed by atoms with Crippen LogP contribution < -0.4 is 10.2 Å². The van der Waals surface area contributed by atoms with Gasteiger partial charge in [-0.2, -0.15) is 9.97 Å². The lowest BCUT2D eigenvalue weighted by Crippen LogP contribution is -2.14. The van der Waals surface area contributed by atoms with E-state index in [-0.39, 0.29) is 0 Å². The number of anilines is 2. The van der Waals surface area contributed by atoms with Gasteiger partial charge >= 0.3 is 0 Å². The van der Waals surface area contributed by atoms with Crippen LogP contribution in [-0.4, -0.2) is 40.2 Å². The highest BCUT2D eigenvalue weighted by molar-refractivity contribution is 6.31. The molecule has 0 saturated carbocycles. The van der Waals surface area contributed by atoms with Gasteiger partial charge in [0.2, 0.25) is 5.95 Å². The van der Waals surface area contributed by atoms with E-state index in [0.717, 1.165) is 34.1 Å². The van der Waals surface area contributed by atoms with Gasteiger partial charge in [-0.15, -0.1) is 0 Å². The minimum absolute atomic E-state index is 0.601. The van der Waals surface area contributed by atoms with E-state index in [0.29, 0.717) is 12.5 Å². The molecule has 0 aliphatic rings. The Kier molecular flexibility index (Phi) is 4.34. The molecule has 0 aliphatic heterocycles. The van der Waals surface area contributed by atoms with Gasteiger partial charge in [-0.1, -0.05) is 29.8 Å². The van der Waals surface area contributed by atoms with Crippen molar-refractivity contribution in [3.8, 4) is 0 Å². The van der Waals surface area contributed by atoms with E-state index in [1.165, 1.54) is 0 Å². The van der Waals surface area contributed by atoms with Crippen molar-refractivity contribution in [3.63, 3.8) is 0 Å². The molecule has 0 unspecified atom stereocenters. The Morgan fingerprint density at radius 1 is 1.22 bits per heavy atom. The maximum atomic E-state index is 6.27. The molecule has 7 heteroatoms. The number of halogens is 1. The van der Waals surface area contributed by atoms with Gasteiger partial charge in [0, 0.05) is 25.7 Å². The van der Waals surface area contributed by atoms with E-state index in [4.69, 9.17) is 11.6 Å². The second-order valence-electron chi connectivity index (χ2n) is 5.43. The number of imidazole rings is 1. The topological polar surface area (TPSA) is 58.9 Å². The summed E-state index contributed by atoms with van der Waals surface area (Å²) in [6.07, 6.45) is 1.78. The van der Waals surface area contributed by atoms with Crippen LogP contribution in [0.3, 0.4) is 0 Å². The van der Waals surface area contributed by atoms with Gasteiger partial charge < -0.3 is 14.8 Å². The summed E-state index contributed by atoms with van der Waals surface area (Å²) in [5, 5.41) is 3.91. The van der Waals surface area contributed by atoms with Crippen molar-refractivity contribution in [1.82, 2.24) is 19.5 Å². The Morgan fingerprint density at radius 2 is 2.00 bits per heavy atom. The Labute approximate surface area is 140 Å². The molecule has 0 fully saturated rings. The van der Waals surface area contributed by atoms with Gasteiger partial charge in [0.05, 0.1) is 12.9 Å². The van der Waals surface area contributed by atoms with Crippen molar-refractivity contribution in [1.29, 1.82) is 0 Å². The van der Waals surface area contributed by atoms with E-state index in [1.54, 1.807) is 6.33 Å². The molecule has 2 heterocycles. The first-order valence-electron chi connectivity index (χ1n) is 7.47. The fraction of sp³-hybridized carbons (Fsp3) is 0.312. The molecule has 0 atom stereocenters. The van der Waals surface area contributed by atoms with Gasteiger partial charge in [-0.3, -0.25) is 0 Å². The van der Waals surface area contributed by atoms with Crippen molar-refractivity contribution in [2.75, 3.05) is 30.9 Å². The predicted octanol–water partition coefficient (Wildman–Crippen LogP) is 3.03. The minimum atomic E-state index is 0.601.